The number of carbonyl (C=O) groups excluding carboxylic acids is 3. The summed E-state index contributed by atoms with van der Waals surface area (Å²) in [7, 11) is -18.2. The van der Waals surface area contributed by atoms with Crippen LogP contribution in [-0.4, -0.2) is 110 Å². The Morgan fingerprint density at radius 3 is 2.00 bits per heavy atom. The minimum atomic E-state index is -4.87. The monoisotopic (exact) mass is 1100 g/mol. The summed E-state index contributed by atoms with van der Waals surface area (Å²) in [5.41, 5.74) is 6.53. The fourth-order valence-corrected chi connectivity index (χ4v) is 12.2. The van der Waals surface area contributed by atoms with E-state index in [0.29, 0.717) is 77.5 Å². The molecule has 0 unspecified atom stereocenters. The predicted molar refractivity (Wildman–Crippen MR) is 273 cm³/mol. The largest absolute Gasteiger partial charge is 0.744 e. The van der Waals surface area contributed by atoms with Gasteiger partial charge in [-0.15, -0.1) is 5.06 Å². The minimum absolute atomic E-state index is 0.000690. The number of anilines is 1. The molecule has 3 N–H and O–H groups in total. The molecule has 74 heavy (non-hydrogen) atoms. The number of hydrogen-bond donors (Lipinski definition) is 3. The van der Waals surface area contributed by atoms with E-state index < -0.39 is 85.5 Å². The van der Waals surface area contributed by atoms with Gasteiger partial charge >= 0.3 is 5.97 Å². The van der Waals surface area contributed by atoms with Crippen molar-refractivity contribution in [2.75, 3.05) is 29.5 Å². The standard InChI is InChI=1S/C51H59N3O16S4/c1-50(2)40-22-20-38(73(64,65)66)32-42(40)52(28-8-30-71(58,59)60)44(50)24-18-35-11-7-12-36(49(35)37-16-14-34(15-17-37)10-5-6-13-48(57)70-54-46(55)26-27-47(54)56)19-25-45-51(3,4)41-23-21-39(74(67,68)69)33-43(41)53(45)29-9-31-72(61,62)63/h14-25,32-33H,5-13,26-31H2,1-4H3,(H3-,58,59,60,61,62,63,64,65,66,67,68,69). The van der Waals surface area contributed by atoms with E-state index in [9.17, 15) is 66.3 Å². The van der Waals surface area contributed by atoms with Crippen molar-refractivity contribution in [1.29, 1.82) is 0 Å². The topological polar surface area (TPSA) is 290 Å². The van der Waals surface area contributed by atoms with Gasteiger partial charge in [-0.1, -0.05) is 62.4 Å². The van der Waals surface area contributed by atoms with E-state index in [1.165, 1.54) is 24.3 Å². The van der Waals surface area contributed by atoms with E-state index >= 15 is 0 Å². The highest BCUT2D eigenvalue weighted by Crippen LogP contribution is 2.49. The van der Waals surface area contributed by atoms with Crippen LogP contribution >= 0.6 is 0 Å². The first kappa shape index (κ1) is 56.1. The summed E-state index contributed by atoms with van der Waals surface area (Å²) in [6, 6.07) is 16.2. The number of imide groups is 1. The Morgan fingerprint density at radius 1 is 0.730 bits per heavy atom. The second-order valence-corrected chi connectivity index (χ2v) is 25.7. The second-order valence-electron chi connectivity index (χ2n) is 19.8. The molecule has 23 heteroatoms. The number of benzene rings is 3. The second kappa shape index (κ2) is 21.5. The smallest absolute Gasteiger partial charge is 0.333 e. The van der Waals surface area contributed by atoms with Crippen molar-refractivity contribution in [3.63, 3.8) is 0 Å². The van der Waals surface area contributed by atoms with Crippen molar-refractivity contribution in [3.05, 3.63) is 124 Å². The highest BCUT2D eigenvalue weighted by atomic mass is 32.2. The number of fused-ring (bicyclic) bond motifs is 2. The molecule has 3 aromatic rings. The summed E-state index contributed by atoms with van der Waals surface area (Å²) in [5, 5.41) is 0.527. The molecule has 1 fully saturated rings. The summed E-state index contributed by atoms with van der Waals surface area (Å²) in [5.74, 6) is -2.91. The summed E-state index contributed by atoms with van der Waals surface area (Å²) in [6.45, 7) is 7.83. The average molecular weight is 1100 g/mol. The molecular weight excluding hydrogens is 1040 g/mol. The third-order valence-corrected chi connectivity index (χ3v) is 17.1. The molecule has 3 aromatic carbocycles. The molecule has 0 radical (unpaired) electrons. The number of hydrogen-bond acceptors (Lipinski definition) is 14. The van der Waals surface area contributed by atoms with Crippen LogP contribution in [0.25, 0.3) is 5.57 Å². The van der Waals surface area contributed by atoms with Gasteiger partial charge in [0.2, 0.25) is 5.69 Å². The van der Waals surface area contributed by atoms with Crippen molar-refractivity contribution >= 4 is 80.9 Å². The van der Waals surface area contributed by atoms with Crippen LogP contribution in [0, 0.1) is 0 Å². The van der Waals surface area contributed by atoms with E-state index in [4.69, 9.17) is 4.84 Å². The SMILES string of the molecule is CC1(C)C(/C=C/C2=C(c3ccc(CCCCC(=O)ON4C(=O)CCC4=O)cc3)C(=C/C=C3/N(CCCS(=O)(=O)O)c4cc(S(=O)(=O)O)ccc4C3(C)C)/CCC2)=[N+](CCCS(=O)(=O)O)c2cc(S(=O)(=O)[O-])ccc21. The number of carbonyl (C=O) groups is 3. The summed E-state index contributed by atoms with van der Waals surface area (Å²) in [6.07, 6.45) is 11.2. The summed E-state index contributed by atoms with van der Waals surface area (Å²) in [4.78, 5) is 42.2. The molecule has 7 rings (SSSR count). The van der Waals surface area contributed by atoms with Gasteiger partial charge < -0.3 is 14.3 Å². The van der Waals surface area contributed by atoms with Gasteiger partial charge in [0.15, 0.2) is 5.71 Å². The predicted octanol–water partition coefficient (Wildman–Crippen LogP) is 6.89. The van der Waals surface area contributed by atoms with E-state index in [2.05, 4.69) is 0 Å². The van der Waals surface area contributed by atoms with Crippen molar-refractivity contribution < 1.29 is 75.7 Å². The van der Waals surface area contributed by atoms with Crippen molar-refractivity contribution in [1.82, 2.24) is 5.06 Å². The van der Waals surface area contributed by atoms with Crippen molar-refractivity contribution in [3.8, 4) is 0 Å². The molecule has 0 bridgehead atoms. The zero-order chi connectivity index (χ0) is 54.2. The molecular formula is C51H59N3O16S4. The van der Waals surface area contributed by atoms with Crippen LogP contribution in [0.4, 0.5) is 11.4 Å². The van der Waals surface area contributed by atoms with Crippen LogP contribution < -0.4 is 4.90 Å². The zero-order valence-corrected chi connectivity index (χ0v) is 44.6. The fourth-order valence-electron chi connectivity index (χ4n) is 10.2. The molecule has 1 aliphatic carbocycles. The van der Waals surface area contributed by atoms with Gasteiger partial charge in [0.05, 0.1) is 26.7 Å². The first-order valence-electron chi connectivity index (χ1n) is 24.0. The lowest BCUT2D eigenvalue weighted by atomic mass is 9.79. The van der Waals surface area contributed by atoms with Crippen molar-refractivity contribution in [2.24, 2.45) is 0 Å². The van der Waals surface area contributed by atoms with Gasteiger partial charge in [-0.25, -0.2) is 13.2 Å². The highest BCUT2D eigenvalue weighted by molar-refractivity contribution is 7.86. The van der Waals surface area contributed by atoms with Crippen LogP contribution in [-0.2, 0) is 76.9 Å². The van der Waals surface area contributed by atoms with Crippen LogP contribution in [0.15, 0.2) is 112 Å². The number of hydroxylamine groups is 2. The van der Waals surface area contributed by atoms with Crippen molar-refractivity contribution in [2.45, 2.75) is 119 Å². The number of unbranched alkanes of at least 4 members (excludes halogenated alkanes) is 1. The zero-order valence-electron chi connectivity index (χ0n) is 41.3. The summed E-state index contributed by atoms with van der Waals surface area (Å²) >= 11 is 0. The van der Waals surface area contributed by atoms with Gasteiger partial charge in [0.1, 0.15) is 16.7 Å². The number of nitrogens with zero attached hydrogens (tertiary/aromatic N) is 3. The normalized spacial score (nSPS) is 19.1. The maximum absolute atomic E-state index is 12.4. The number of amides is 2. The molecule has 19 nitrogen and oxygen atoms in total. The number of allylic oxidation sites excluding steroid dienone is 8. The van der Waals surface area contributed by atoms with Crippen LogP contribution in [0.1, 0.15) is 114 Å². The molecule has 398 valence electrons. The molecule has 0 saturated carbocycles. The number of aryl methyl sites for hydroxylation is 1. The average Bonchev–Trinajstić information content (AvgIpc) is 3.81. The lowest BCUT2D eigenvalue weighted by Gasteiger charge is -2.27. The Kier molecular flexibility index (Phi) is 16.3. The molecule has 2 amide bonds. The molecule has 1 saturated heterocycles. The fraction of sp³-hybridized carbons (Fsp3) is 0.412. The van der Waals surface area contributed by atoms with Gasteiger partial charge in [0.25, 0.3) is 42.2 Å². The van der Waals surface area contributed by atoms with Crippen LogP contribution in [0.3, 0.4) is 0 Å². The Labute approximate surface area is 431 Å². The maximum Gasteiger partial charge on any atom is 0.333 e. The molecule has 0 spiro atoms. The molecule has 0 atom stereocenters. The number of rotatable bonds is 20. The Bertz CT molecular complexity index is 3390. The van der Waals surface area contributed by atoms with E-state index in [0.717, 1.165) is 27.8 Å². The Balaban J connectivity index is 1.30. The van der Waals surface area contributed by atoms with E-state index in [1.807, 2.05) is 76.3 Å². The van der Waals surface area contributed by atoms with Gasteiger partial charge in [-0.2, -0.15) is 29.8 Å². The quantitative estimate of drug-likeness (QED) is 0.0449. The molecule has 3 aliphatic heterocycles. The van der Waals surface area contributed by atoms with E-state index in [-0.39, 0.29) is 50.1 Å². The third-order valence-electron chi connectivity index (χ3n) is 13.8. The minimum Gasteiger partial charge on any atom is -0.744 e. The summed E-state index contributed by atoms with van der Waals surface area (Å²) < 4.78 is 139. The lowest BCUT2D eigenvalue weighted by molar-refractivity contribution is -0.437. The van der Waals surface area contributed by atoms with Gasteiger partial charge in [-0.3, -0.25) is 23.2 Å². The van der Waals surface area contributed by atoms with Crippen LogP contribution in [0.5, 0.6) is 0 Å². The van der Waals surface area contributed by atoms with Gasteiger partial charge in [-0.05, 0) is 116 Å². The third kappa shape index (κ3) is 12.9. The van der Waals surface area contributed by atoms with Gasteiger partial charge in [0, 0.05) is 66.7 Å². The van der Waals surface area contributed by atoms with E-state index in [1.54, 1.807) is 21.6 Å². The highest BCUT2D eigenvalue weighted by Gasteiger charge is 2.45. The first-order valence-corrected chi connectivity index (χ1v) is 30.1. The Morgan fingerprint density at radius 2 is 1.36 bits per heavy atom. The van der Waals surface area contributed by atoms with Crippen LogP contribution in [0.2, 0.25) is 0 Å². The molecule has 0 aromatic heterocycles. The Hall–Kier alpha value is -5.66. The molecule has 3 heterocycles. The maximum atomic E-state index is 12.4. The lowest BCUT2D eigenvalue weighted by Crippen LogP contribution is -2.31. The first-order chi connectivity index (χ1) is 34.5. The molecule has 4 aliphatic rings.